The van der Waals surface area contributed by atoms with E-state index < -0.39 is 17.5 Å². The Morgan fingerprint density at radius 2 is 2.11 bits per heavy atom. The number of ether oxygens (including phenoxy) is 1. The van der Waals surface area contributed by atoms with Crippen molar-refractivity contribution >= 4 is 17.7 Å². The number of Topliss-reactive ketones (excluding diaryl/α,β-unsaturated/α-hetero) is 1. The van der Waals surface area contributed by atoms with E-state index in [0.717, 1.165) is 22.6 Å². The molecule has 1 atom stereocenters. The average molecular weight is 375 g/mol. The second-order valence-corrected chi connectivity index (χ2v) is 6.98. The number of fused-ring (bicyclic) bond motifs is 1. The van der Waals surface area contributed by atoms with Crippen molar-refractivity contribution in [3.63, 3.8) is 0 Å². The van der Waals surface area contributed by atoms with Gasteiger partial charge in [-0.3, -0.25) is 14.5 Å². The highest BCUT2D eigenvalue weighted by Crippen LogP contribution is 2.30. The molecule has 2 aromatic rings. The number of nitrogens with zero attached hydrogens (tertiary/aromatic N) is 2. The molecular formula is C21H17N3O4. The Kier molecular flexibility index (Phi) is 4.12. The van der Waals surface area contributed by atoms with E-state index in [-0.39, 0.29) is 12.3 Å². The van der Waals surface area contributed by atoms with Crippen LogP contribution < -0.4 is 10.1 Å². The Morgan fingerprint density at radius 1 is 1.29 bits per heavy atom. The number of imide groups is 1. The van der Waals surface area contributed by atoms with Crippen LogP contribution in [0.2, 0.25) is 0 Å². The van der Waals surface area contributed by atoms with Gasteiger partial charge in [-0.15, -0.1) is 0 Å². The maximum absolute atomic E-state index is 13.0. The number of carbonyl (C=O) groups excluding carboxylic acids is 3. The fraction of sp³-hybridized carbons (Fsp3) is 0.238. The molecule has 1 saturated heterocycles. The number of carbonyl (C=O) groups is 3. The summed E-state index contributed by atoms with van der Waals surface area (Å²) in [5, 5.41) is 11.7. The van der Waals surface area contributed by atoms with E-state index in [1.807, 2.05) is 6.07 Å². The number of urea groups is 1. The highest BCUT2D eigenvalue weighted by atomic mass is 16.5. The molecule has 0 spiro atoms. The molecule has 140 valence electrons. The van der Waals surface area contributed by atoms with Gasteiger partial charge in [0.15, 0.2) is 5.78 Å². The summed E-state index contributed by atoms with van der Waals surface area (Å²) >= 11 is 0. The van der Waals surface area contributed by atoms with Gasteiger partial charge in [-0.1, -0.05) is 12.1 Å². The summed E-state index contributed by atoms with van der Waals surface area (Å²) in [4.78, 5) is 39.0. The fourth-order valence-corrected chi connectivity index (χ4v) is 3.53. The smallest absolute Gasteiger partial charge is 0.325 e. The first-order valence-electron chi connectivity index (χ1n) is 8.86. The number of hydrogen-bond donors (Lipinski definition) is 1. The van der Waals surface area contributed by atoms with Crippen molar-refractivity contribution in [2.45, 2.75) is 18.9 Å². The fourth-order valence-electron chi connectivity index (χ4n) is 3.53. The van der Waals surface area contributed by atoms with Crippen molar-refractivity contribution in [2.24, 2.45) is 0 Å². The lowest BCUT2D eigenvalue weighted by molar-refractivity contribution is -0.130. The van der Waals surface area contributed by atoms with Crippen LogP contribution in [0.4, 0.5) is 4.79 Å². The molecule has 2 aliphatic heterocycles. The third kappa shape index (κ3) is 2.79. The third-order valence-corrected chi connectivity index (χ3v) is 5.16. The maximum Gasteiger partial charge on any atom is 0.325 e. The predicted molar refractivity (Wildman–Crippen MR) is 98.7 cm³/mol. The molecule has 1 fully saturated rings. The van der Waals surface area contributed by atoms with Crippen LogP contribution in [0.5, 0.6) is 5.75 Å². The van der Waals surface area contributed by atoms with Crippen molar-refractivity contribution in [1.29, 1.82) is 5.26 Å². The summed E-state index contributed by atoms with van der Waals surface area (Å²) in [5.41, 5.74) is 0.937. The summed E-state index contributed by atoms with van der Waals surface area (Å²) in [6.45, 7) is 1.80. The molecule has 0 radical (unpaired) electrons. The predicted octanol–water partition coefficient (Wildman–Crippen LogP) is 2.14. The summed E-state index contributed by atoms with van der Waals surface area (Å²) in [6.07, 6.45) is 0.729. The maximum atomic E-state index is 13.0. The van der Waals surface area contributed by atoms with Gasteiger partial charge in [0.1, 0.15) is 11.3 Å². The summed E-state index contributed by atoms with van der Waals surface area (Å²) in [6, 6.07) is 13.0. The quantitative estimate of drug-likeness (QED) is 0.652. The molecular weight excluding hydrogens is 358 g/mol. The highest BCUT2D eigenvalue weighted by molar-refractivity contribution is 6.11. The number of rotatable bonds is 4. The summed E-state index contributed by atoms with van der Waals surface area (Å²) in [7, 11) is 0. The van der Waals surface area contributed by atoms with Gasteiger partial charge in [-0.2, -0.15) is 5.26 Å². The van der Waals surface area contributed by atoms with E-state index in [2.05, 4.69) is 5.32 Å². The van der Waals surface area contributed by atoms with E-state index >= 15 is 0 Å². The molecule has 2 aromatic carbocycles. The summed E-state index contributed by atoms with van der Waals surface area (Å²) in [5.74, 6) is -0.0878. The van der Waals surface area contributed by atoms with Gasteiger partial charge in [-0.25, -0.2) is 4.79 Å². The van der Waals surface area contributed by atoms with Crippen LogP contribution in [-0.2, 0) is 16.8 Å². The first kappa shape index (κ1) is 17.7. The molecule has 0 bridgehead atoms. The van der Waals surface area contributed by atoms with Gasteiger partial charge in [0, 0.05) is 12.0 Å². The Morgan fingerprint density at radius 3 is 2.89 bits per heavy atom. The zero-order chi connectivity index (χ0) is 19.9. The third-order valence-electron chi connectivity index (χ3n) is 5.16. The molecule has 2 aliphatic rings. The van der Waals surface area contributed by atoms with Gasteiger partial charge < -0.3 is 10.1 Å². The van der Waals surface area contributed by atoms with Crippen molar-refractivity contribution < 1.29 is 19.1 Å². The SMILES string of the molecule is C[C@@]1(c2cccc(C#N)c2)NC(=O)N(CC(=O)c2ccc3c(c2)CCO3)C1=O. The van der Waals surface area contributed by atoms with Crippen LogP contribution in [0, 0.1) is 11.3 Å². The zero-order valence-electron chi connectivity index (χ0n) is 15.2. The molecule has 28 heavy (non-hydrogen) atoms. The van der Waals surface area contributed by atoms with Crippen LogP contribution in [0.1, 0.15) is 34.0 Å². The highest BCUT2D eigenvalue weighted by Gasteiger charge is 2.49. The molecule has 0 aromatic heterocycles. The minimum absolute atomic E-state index is 0.326. The van der Waals surface area contributed by atoms with Crippen molar-refractivity contribution in [1.82, 2.24) is 10.2 Å². The van der Waals surface area contributed by atoms with Gasteiger partial charge in [0.05, 0.1) is 24.8 Å². The number of nitrogens with one attached hydrogen (secondary N) is 1. The first-order chi connectivity index (χ1) is 13.4. The lowest BCUT2D eigenvalue weighted by Gasteiger charge is -2.22. The monoisotopic (exact) mass is 375 g/mol. The Labute approximate surface area is 161 Å². The first-order valence-corrected chi connectivity index (χ1v) is 8.86. The second kappa shape index (κ2) is 6.50. The minimum Gasteiger partial charge on any atom is -0.493 e. The molecule has 0 unspecified atom stereocenters. The number of nitriles is 1. The lowest BCUT2D eigenvalue weighted by Crippen LogP contribution is -2.41. The number of hydrogen-bond acceptors (Lipinski definition) is 5. The van der Waals surface area contributed by atoms with E-state index in [4.69, 9.17) is 10.00 Å². The Hall–Kier alpha value is -3.66. The zero-order valence-corrected chi connectivity index (χ0v) is 15.2. The van der Waals surface area contributed by atoms with Gasteiger partial charge in [0.2, 0.25) is 0 Å². The van der Waals surface area contributed by atoms with Gasteiger partial charge in [0.25, 0.3) is 5.91 Å². The number of benzene rings is 2. The van der Waals surface area contributed by atoms with Gasteiger partial charge in [-0.05, 0) is 48.4 Å². The lowest BCUT2D eigenvalue weighted by atomic mass is 9.91. The molecule has 2 heterocycles. The van der Waals surface area contributed by atoms with Crippen LogP contribution >= 0.6 is 0 Å². The van der Waals surface area contributed by atoms with Crippen LogP contribution in [0.15, 0.2) is 42.5 Å². The minimum atomic E-state index is -1.32. The Bertz CT molecular complexity index is 1060. The number of ketones is 1. The van der Waals surface area contributed by atoms with Crippen molar-refractivity contribution in [3.05, 3.63) is 64.7 Å². The number of amides is 3. The molecule has 3 amide bonds. The Balaban J connectivity index is 1.57. The van der Waals surface area contributed by atoms with E-state index in [0.29, 0.717) is 23.3 Å². The standard InChI is InChI=1S/C21H17N3O4/c1-21(16-4-2-3-13(9-16)11-22)19(26)24(20(27)23-21)12-17(25)14-5-6-18-15(10-14)7-8-28-18/h2-6,9-10H,7-8,12H2,1H3,(H,23,27)/t21-/m0/s1. The molecule has 0 aliphatic carbocycles. The van der Waals surface area contributed by atoms with Crippen LogP contribution in [0.25, 0.3) is 0 Å². The second-order valence-electron chi connectivity index (χ2n) is 6.98. The topological polar surface area (TPSA) is 99.5 Å². The van der Waals surface area contributed by atoms with Gasteiger partial charge >= 0.3 is 6.03 Å². The van der Waals surface area contributed by atoms with E-state index in [1.54, 1.807) is 49.4 Å². The van der Waals surface area contributed by atoms with Crippen molar-refractivity contribution in [3.8, 4) is 11.8 Å². The normalized spacial score (nSPS) is 20.4. The molecule has 0 saturated carbocycles. The van der Waals surface area contributed by atoms with Crippen LogP contribution in [-0.4, -0.2) is 35.8 Å². The van der Waals surface area contributed by atoms with E-state index in [9.17, 15) is 14.4 Å². The molecule has 7 heteroatoms. The summed E-state index contributed by atoms with van der Waals surface area (Å²) < 4.78 is 5.43. The molecule has 4 rings (SSSR count). The molecule has 1 N–H and O–H groups in total. The van der Waals surface area contributed by atoms with Crippen LogP contribution in [0.3, 0.4) is 0 Å². The average Bonchev–Trinajstić information content (AvgIpc) is 3.26. The van der Waals surface area contributed by atoms with Crippen molar-refractivity contribution in [2.75, 3.05) is 13.2 Å². The largest absolute Gasteiger partial charge is 0.493 e. The van der Waals surface area contributed by atoms with E-state index in [1.165, 1.54) is 0 Å². The molecule has 7 nitrogen and oxygen atoms in total.